The predicted molar refractivity (Wildman–Crippen MR) is 284 cm³/mol. The van der Waals surface area contributed by atoms with Gasteiger partial charge in [0.1, 0.15) is 11.5 Å². The van der Waals surface area contributed by atoms with Gasteiger partial charge in [-0.15, -0.1) is 0 Å². The van der Waals surface area contributed by atoms with Crippen LogP contribution in [0, 0.1) is 11.3 Å². The van der Waals surface area contributed by atoms with Crippen molar-refractivity contribution in [3.8, 4) is 17.6 Å². The summed E-state index contributed by atoms with van der Waals surface area (Å²) in [4.78, 5) is 8.85. The van der Waals surface area contributed by atoms with Gasteiger partial charge in [-0.3, -0.25) is 18.9 Å². The molecule has 0 amide bonds. The van der Waals surface area contributed by atoms with Gasteiger partial charge in [0.15, 0.2) is 0 Å². The van der Waals surface area contributed by atoms with Crippen LogP contribution in [0.2, 0.25) is 0 Å². The molecule has 2 aliphatic carbocycles. The topological polar surface area (TPSA) is 176 Å². The largest absolute Gasteiger partial charge is 0.497 e. The molecule has 4 aromatic rings. The molecule has 396 valence electrons. The number of hydrogen-bond donors (Lipinski definition) is 1. The number of rotatable bonds is 13. The first-order chi connectivity index (χ1) is 34.3. The van der Waals surface area contributed by atoms with Gasteiger partial charge in [0.25, 0.3) is 10.1 Å². The van der Waals surface area contributed by atoms with Crippen molar-refractivity contribution in [2.24, 2.45) is 0 Å². The summed E-state index contributed by atoms with van der Waals surface area (Å²) in [5.41, 5.74) is 1.73. The summed E-state index contributed by atoms with van der Waals surface area (Å²) in [6.45, 7) is 16.9. The summed E-state index contributed by atoms with van der Waals surface area (Å²) in [6, 6.07) is 30.9. The molecule has 8 rings (SSSR count). The average molecular weight is 1050 g/mol. The van der Waals surface area contributed by atoms with Gasteiger partial charge in [-0.2, -0.15) is 13.7 Å². The molecule has 0 bridgehead atoms. The highest BCUT2D eigenvalue weighted by Gasteiger charge is 2.32. The van der Waals surface area contributed by atoms with Gasteiger partial charge in [0.2, 0.25) is 19.7 Å². The van der Waals surface area contributed by atoms with Gasteiger partial charge >= 0.3 is 0 Å². The molecule has 2 saturated carbocycles. The minimum atomic E-state index is -3.66. The number of ether oxygens (including phenoxy) is 2. The smallest absolute Gasteiger partial charge is 0.264 e. The fraction of sp³-hybridized carbons (Fsp3) is 0.545. The molecule has 2 aliphatic heterocycles. The second-order valence-corrected chi connectivity index (χ2v) is 24.9. The summed E-state index contributed by atoms with van der Waals surface area (Å²) in [5.74, 6) is 1.21. The molecule has 2 heterocycles. The molecule has 2 saturated heterocycles. The van der Waals surface area contributed by atoms with E-state index in [1.165, 1.54) is 134 Å². The van der Waals surface area contributed by atoms with Crippen molar-refractivity contribution in [2.45, 2.75) is 155 Å². The summed E-state index contributed by atoms with van der Waals surface area (Å²) in [7, 11) is -7.71. The van der Waals surface area contributed by atoms with Crippen molar-refractivity contribution in [3.05, 3.63) is 108 Å². The molecule has 4 aliphatic rings. The number of nitrogens with zero attached hydrogens (tertiary/aromatic N) is 4. The lowest BCUT2D eigenvalue weighted by Crippen LogP contribution is -2.55. The Hall–Kier alpha value is -4.38. The number of benzene rings is 4. The highest BCUT2D eigenvalue weighted by atomic mass is 32.2. The minimum absolute atomic E-state index is 0.114. The molecule has 0 spiro atoms. The van der Waals surface area contributed by atoms with E-state index < -0.39 is 35.9 Å². The first-order valence-corrected chi connectivity index (χ1v) is 30.2. The van der Waals surface area contributed by atoms with Crippen LogP contribution in [0.15, 0.2) is 117 Å². The molecule has 1 N–H and O–H groups in total. The van der Waals surface area contributed by atoms with Crippen LogP contribution in [0.5, 0.6) is 11.5 Å². The fourth-order valence-electron chi connectivity index (χ4n) is 10.2. The van der Waals surface area contributed by atoms with Crippen LogP contribution in [0.25, 0.3) is 0 Å². The number of sulfone groups is 2. The van der Waals surface area contributed by atoms with Crippen LogP contribution in [-0.2, 0) is 34.0 Å². The Morgan fingerprint density at radius 1 is 0.583 bits per heavy atom. The Labute approximate surface area is 432 Å². The average Bonchev–Trinajstić information content (AvgIpc) is 3.39. The summed E-state index contributed by atoms with van der Waals surface area (Å²) >= 11 is 0. The molecule has 72 heavy (non-hydrogen) atoms. The summed E-state index contributed by atoms with van der Waals surface area (Å²) in [5, 5.41) is 10.8. The third kappa shape index (κ3) is 16.8. The van der Waals surface area contributed by atoms with E-state index in [2.05, 4.69) is 40.8 Å². The van der Waals surface area contributed by atoms with Gasteiger partial charge in [-0.1, -0.05) is 62.8 Å². The van der Waals surface area contributed by atoms with Crippen LogP contribution in [0.3, 0.4) is 0 Å². The third-order valence-electron chi connectivity index (χ3n) is 14.2. The number of nitriles is 1. The molecule has 17 heteroatoms. The first kappa shape index (κ1) is 58.5. The molecule has 4 atom stereocenters. The van der Waals surface area contributed by atoms with Gasteiger partial charge in [0, 0.05) is 76.4 Å². The number of hydrogen-bond acceptors (Lipinski definition) is 14. The van der Waals surface area contributed by atoms with Crippen LogP contribution in [-0.4, -0.2) is 124 Å². The lowest BCUT2D eigenvalue weighted by atomic mass is 9.93. The van der Waals surface area contributed by atoms with Crippen LogP contribution >= 0.6 is 0 Å². The minimum Gasteiger partial charge on any atom is -0.497 e. The van der Waals surface area contributed by atoms with Gasteiger partial charge in [-0.05, 0) is 137 Å². The maximum Gasteiger partial charge on any atom is 0.264 e. The molecule has 0 aromatic heterocycles. The highest BCUT2D eigenvalue weighted by Crippen LogP contribution is 2.32. The van der Waals surface area contributed by atoms with E-state index in [4.69, 9.17) is 18.9 Å². The van der Waals surface area contributed by atoms with E-state index in [0.29, 0.717) is 34.0 Å². The zero-order valence-corrected chi connectivity index (χ0v) is 46.2. The first-order valence-electron chi connectivity index (χ1n) is 25.5. The van der Waals surface area contributed by atoms with Crippen molar-refractivity contribution in [2.75, 3.05) is 59.7 Å². The number of piperazine rings is 2. The second-order valence-electron chi connectivity index (χ2n) is 19.4. The van der Waals surface area contributed by atoms with Crippen molar-refractivity contribution in [3.63, 3.8) is 0 Å². The van der Waals surface area contributed by atoms with E-state index in [1.54, 1.807) is 68.6 Å². The van der Waals surface area contributed by atoms with E-state index in [-0.39, 0.29) is 20.7 Å². The zero-order valence-electron chi connectivity index (χ0n) is 43.7. The maximum absolute atomic E-state index is 13.0. The second kappa shape index (κ2) is 27.8. The normalized spacial score (nSPS) is 20.7. The lowest BCUT2D eigenvalue weighted by molar-refractivity contribution is 0.0225. The quantitative estimate of drug-likeness (QED) is 0.125. The number of methoxy groups -OCH3 is 2. The van der Waals surface area contributed by atoms with E-state index in [9.17, 15) is 25.3 Å². The molecular weight excluding hydrogens is 971 g/mol. The molecular formula is C55H79N5O9S3. The molecule has 4 aromatic carbocycles. The van der Waals surface area contributed by atoms with Crippen LogP contribution < -0.4 is 14.8 Å². The van der Waals surface area contributed by atoms with Crippen molar-refractivity contribution in [1.29, 1.82) is 5.26 Å². The third-order valence-corrected chi connectivity index (χ3v) is 18.4. The van der Waals surface area contributed by atoms with Crippen LogP contribution in [0.4, 0.5) is 0 Å². The van der Waals surface area contributed by atoms with Gasteiger partial charge in [0.05, 0.1) is 52.2 Å². The standard InChI is InChI=1S/C26H36N2O3S.C16H18O6S2.C11H22N2.C2H3N/c1-20-19-27(23-7-5-4-6-8-23)17-18-28(20)21(2)22-9-13-25(14-10-22)32(29,30)26-15-11-24(31-3)12-16-26;1-12(22-23(3,17)18)13-4-8-15(9-5-13)24(19,20)16-10-6-14(21-2)7-11-16;1-10-9-13(8-7-12-10)11-5-3-2-4-6-11;1-2-3/h9-16,20-21,23H,4-8,17-19H2,1-3H3;4-12H,1-3H3;10-12H,2-9H2,1H3;1H3/t20-,21?;;10-;/m1.1./s1. The Morgan fingerprint density at radius 2 is 0.972 bits per heavy atom. The van der Waals surface area contributed by atoms with E-state index >= 15 is 0 Å². The monoisotopic (exact) mass is 1050 g/mol. The predicted octanol–water partition coefficient (Wildman–Crippen LogP) is 9.64. The molecule has 4 fully saturated rings. The van der Waals surface area contributed by atoms with Gasteiger partial charge in [-0.25, -0.2) is 16.8 Å². The Morgan fingerprint density at radius 3 is 1.35 bits per heavy atom. The Bertz CT molecular complexity index is 2630. The van der Waals surface area contributed by atoms with Crippen LogP contribution in [0.1, 0.15) is 122 Å². The van der Waals surface area contributed by atoms with Crippen molar-refractivity contribution >= 4 is 29.8 Å². The van der Waals surface area contributed by atoms with E-state index in [1.807, 2.05) is 12.1 Å². The molecule has 14 nitrogen and oxygen atoms in total. The maximum atomic E-state index is 13.0. The Balaban J connectivity index is 0.000000211. The van der Waals surface area contributed by atoms with E-state index in [0.717, 1.165) is 43.5 Å². The van der Waals surface area contributed by atoms with Crippen molar-refractivity contribution in [1.82, 2.24) is 20.0 Å². The lowest BCUT2D eigenvalue weighted by Gasteiger charge is -2.46. The Kier molecular flexibility index (Phi) is 22.6. The summed E-state index contributed by atoms with van der Waals surface area (Å²) < 4.78 is 88.5. The molecule has 0 radical (unpaired) electrons. The SMILES string of the molecule is CC#N.COc1ccc(S(=O)(=O)c2ccc(C(C)N3CCN(C4CCCCC4)C[C@H]3C)cc2)cc1.COc1ccc(S(=O)(=O)c2ccc(C(C)OS(C)(=O)=O)cc2)cc1.C[C@@H]1CN(C2CCCCC2)CCN1. The van der Waals surface area contributed by atoms with Crippen molar-refractivity contribution < 1.29 is 38.9 Å². The number of nitrogens with one attached hydrogen (secondary N) is 1. The van der Waals surface area contributed by atoms with Gasteiger partial charge < -0.3 is 14.8 Å². The zero-order chi connectivity index (χ0) is 52.5. The summed E-state index contributed by atoms with van der Waals surface area (Å²) in [6.07, 6.45) is 14.4. The molecule has 2 unspecified atom stereocenters. The highest BCUT2D eigenvalue weighted by molar-refractivity contribution is 7.91. The fourth-order valence-corrected chi connectivity index (χ4v) is 13.4.